The summed E-state index contributed by atoms with van der Waals surface area (Å²) in [7, 11) is 0. The Morgan fingerprint density at radius 1 is 1.31 bits per heavy atom. The molecule has 10 heteroatoms. The van der Waals surface area contributed by atoms with E-state index in [1.54, 1.807) is 30.0 Å². The second-order valence-corrected chi connectivity index (χ2v) is 9.03. The van der Waals surface area contributed by atoms with E-state index in [0.29, 0.717) is 41.0 Å². The van der Waals surface area contributed by atoms with Crippen molar-refractivity contribution in [3.63, 3.8) is 0 Å². The Hall–Kier alpha value is -2.59. The first kappa shape index (κ1) is 22.6. The average Bonchev–Trinajstić information content (AvgIpc) is 3.19. The summed E-state index contributed by atoms with van der Waals surface area (Å²) in [5.74, 6) is -0.293. The Kier molecular flexibility index (Phi) is 7.00. The number of amides is 1. The van der Waals surface area contributed by atoms with Crippen molar-refractivity contribution in [2.24, 2.45) is 0 Å². The van der Waals surface area contributed by atoms with Crippen LogP contribution in [-0.4, -0.2) is 60.1 Å². The number of aromatic nitrogens is 1. The predicted octanol–water partition coefficient (Wildman–Crippen LogP) is 4.54. The zero-order valence-corrected chi connectivity index (χ0v) is 19.2. The average molecular weight is 475 g/mol. The molecule has 0 N–H and O–H groups in total. The minimum absolute atomic E-state index is 0.0693. The lowest BCUT2D eigenvalue weighted by molar-refractivity contribution is -0.385. The topological polar surface area (TPSA) is 88.8 Å². The van der Waals surface area contributed by atoms with Crippen LogP contribution >= 0.6 is 22.9 Å². The van der Waals surface area contributed by atoms with Gasteiger partial charge in [0.15, 0.2) is 5.13 Å². The van der Waals surface area contributed by atoms with Crippen molar-refractivity contribution >= 4 is 49.9 Å². The molecule has 168 valence electrons. The second-order valence-electron chi connectivity index (χ2n) is 7.58. The van der Waals surface area contributed by atoms with Crippen LogP contribution in [0.2, 0.25) is 5.02 Å². The fourth-order valence-electron chi connectivity index (χ4n) is 3.76. The Balaban J connectivity index is 1.63. The zero-order valence-electron chi connectivity index (χ0n) is 17.6. The van der Waals surface area contributed by atoms with Gasteiger partial charge in [-0.2, -0.15) is 0 Å². The molecular weight excluding hydrogens is 452 g/mol. The third-order valence-electron chi connectivity index (χ3n) is 5.51. The summed E-state index contributed by atoms with van der Waals surface area (Å²) in [6, 6.07) is 10.0. The molecule has 1 fully saturated rings. The molecular formula is C22H23ClN4O4S. The second kappa shape index (κ2) is 9.91. The molecule has 1 saturated heterocycles. The maximum Gasteiger partial charge on any atom is 0.273 e. The van der Waals surface area contributed by atoms with Gasteiger partial charge in [-0.3, -0.25) is 24.7 Å². The molecule has 0 unspecified atom stereocenters. The number of hydrogen-bond donors (Lipinski definition) is 0. The Labute approximate surface area is 194 Å². The highest BCUT2D eigenvalue weighted by atomic mass is 35.5. The maximum absolute atomic E-state index is 13.6. The van der Waals surface area contributed by atoms with Gasteiger partial charge in [0.25, 0.3) is 11.6 Å². The van der Waals surface area contributed by atoms with Gasteiger partial charge in [0, 0.05) is 48.4 Å². The van der Waals surface area contributed by atoms with Crippen LogP contribution in [0.25, 0.3) is 10.2 Å². The van der Waals surface area contributed by atoms with Gasteiger partial charge in [0.1, 0.15) is 0 Å². The molecule has 32 heavy (non-hydrogen) atoms. The highest BCUT2D eigenvalue weighted by molar-refractivity contribution is 7.22. The van der Waals surface area contributed by atoms with Crippen molar-refractivity contribution in [1.29, 1.82) is 0 Å². The third-order valence-corrected chi connectivity index (χ3v) is 6.78. The van der Waals surface area contributed by atoms with E-state index in [1.165, 1.54) is 17.4 Å². The summed E-state index contributed by atoms with van der Waals surface area (Å²) in [6.07, 6.45) is 0.746. The van der Waals surface area contributed by atoms with Gasteiger partial charge in [-0.15, -0.1) is 0 Å². The van der Waals surface area contributed by atoms with Gasteiger partial charge < -0.3 is 4.74 Å². The van der Waals surface area contributed by atoms with Crippen molar-refractivity contribution in [2.45, 2.75) is 13.3 Å². The molecule has 1 aliphatic rings. The van der Waals surface area contributed by atoms with Crippen LogP contribution < -0.4 is 4.90 Å². The maximum atomic E-state index is 13.6. The molecule has 8 nitrogen and oxygen atoms in total. The number of carbonyl (C=O) groups excluding carboxylic acids is 1. The number of rotatable bonds is 7. The van der Waals surface area contributed by atoms with E-state index >= 15 is 0 Å². The van der Waals surface area contributed by atoms with E-state index < -0.39 is 4.92 Å². The Morgan fingerprint density at radius 3 is 2.84 bits per heavy atom. The summed E-state index contributed by atoms with van der Waals surface area (Å²) >= 11 is 7.51. The highest BCUT2D eigenvalue weighted by Crippen LogP contribution is 2.32. The first-order valence-corrected chi connectivity index (χ1v) is 11.6. The van der Waals surface area contributed by atoms with Crippen molar-refractivity contribution in [2.75, 3.05) is 44.3 Å². The number of fused-ring (bicyclic) bond motifs is 1. The number of nitrogens with zero attached hydrogens (tertiary/aromatic N) is 4. The van der Waals surface area contributed by atoms with Gasteiger partial charge in [-0.1, -0.05) is 29.0 Å². The Bertz CT molecular complexity index is 1150. The molecule has 0 aliphatic carbocycles. The third kappa shape index (κ3) is 4.91. The SMILES string of the molecule is Cc1c(C(=O)N(CCCN2CCOCC2)c2nc3ccc(Cl)cc3s2)cccc1[N+](=O)[O-]. The van der Waals surface area contributed by atoms with Gasteiger partial charge in [-0.25, -0.2) is 4.98 Å². The predicted molar refractivity (Wildman–Crippen MR) is 126 cm³/mol. The van der Waals surface area contributed by atoms with Crippen molar-refractivity contribution in [3.05, 3.63) is 62.7 Å². The molecule has 0 saturated carbocycles. The monoisotopic (exact) mass is 474 g/mol. The number of ether oxygens (including phenoxy) is 1. The minimum Gasteiger partial charge on any atom is -0.379 e. The fourth-order valence-corrected chi connectivity index (χ4v) is 5.03. The fraction of sp³-hybridized carbons (Fsp3) is 0.364. The summed E-state index contributed by atoms with van der Waals surface area (Å²) in [5, 5.41) is 12.5. The molecule has 0 spiro atoms. The van der Waals surface area contributed by atoms with Crippen molar-refractivity contribution in [3.8, 4) is 0 Å². The van der Waals surface area contributed by atoms with Crippen LogP contribution in [0.15, 0.2) is 36.4 Å². The molecule has 1 aromatic heterocycles. The quantitative estimate of drug-likeness (QED) is 0.369. The number of anilines is 1. The van der Waals surface area contributed by atoms with E-state index in [-0.39, 0.29) is 11.6 Å². The smallest absolute Gasteiger partial charge is 0.273 e. The highest BCUT2D eigenvalue weighted by Gasteiger charge is 2.26. The number of benzene rings is 2. The number of carbonyl (C=O) groups is 1. The van der Waals surface area contributed by atoms with Crippen LogP contribution in [0.3, 0.4) is 0 Å². The first-order chi connectivity index (χ1) is 15.4. The normalized spacial score (nSPS) is 14.6. The molecule has 3 aromatic rings. The van der Waals surface area contributed by atoms with Crippen LogP contribution in [0.5, 0.6) is 0 Å². The Morgan fingerprint density at radius 2 is 2.09 bits per heavy atom. The summed E-state index contributed by atoms with van der Waals surface area (Å²) in [4.78, 5) is 33.1. The molecule has 2 heterocycles. The van der Waals surface area contributed by atoms with Gasteiger partial charge in [0.2, 0.25) is 0 Å². The van der Waals surface area contributed by atoms with Gasteiger partial charge in [0.05, 0.1) is 28.4 Å². The lowest BCUT2D eigenvalue weighted by atomic mass is 10.1. The summed E-state index contributed by atoms with van der Waals surface area (Å²) in [6.45, 7) is 6.07. The van der Waals surface area contributed by atoms with E-state index in [2.05, 4.69) is 9.88 Å². The minimum atomic E-state index is -0.464. The molecule has 2 aromatic carbocycles. The van der Waals surface area contributed by atoms with Gasteiger partial charge in [-0.05, 0) is 37.6 Å². The number of hydrogen-bond acceptors (Lipinski definition) is 7. The number of nitro benzene ring substituents is 1. The van der Waals surface area contributed by atoms with Crippen molar-refractivity contribution in [1.82, 2.24) is 9.88 Å². The largest absolute Gasteiger partial charge is 0.379 e. The van der Waals surface area contributed by atoms with Crippen LogP contribution in [-0.2, 0) is 4.74 Å². The van der Waals surface area contributed by atoms with Gasteiger partial charge >= 0.3 is 0 Å². The van der Waals surface area contributed by atoms with E-state index in [4.69, 9.17) is 16.3 Å². The lowest BCUT2D eigenvalue weighted by Gasteiger charge is -2.28. The van der Waals surface area contributed by atoms with E-state index in [1.807, 2.05) is 12.1 Å². The standard InChI is InChI=1S/C22H23ClN4O4S/c1-15-17(4-2-5-19(15)27(29)30)21(28)26(9-3-8-25-10-12-31-13-11-25)22-24-18-7-6-16(23)14-20(18)32-22/h2,4-7,14H,3,8-13H2,1H3. The molecule has 0 atom stereocenters. The molecule has 0 bridgehead atoms. The number of halogens is 1. The zero-order chi connectivity index (χ0) is 22.7. The molecule has 1 amide bonds. The van der Waals surface area contributed by atoms with Crippen LogP contribution in [0, 0.1) is 17.0 Å². The van der Waals surface area contributed by atoms with Crippen LogP contribution in [0.4, 0.5) is 10.8 Å². The summed E-state index contributed by atoms with van der Waals surface area (Å²) < 4.78 is 6.28. The molecule has 0 radical (unpaired) electrons. The van der Waals surface area contributed by atoms with Crippen LogP contribution in [0.1, 0.15) is 22.3 Å². The number of nitro groups is 1. The number of morpholine rings is 1. The van der Waals surface area contributed by atoms with E-state index in [9.17, 15) is 14.9 Å². The molecule has 1 aliphatic heterocycles. The first-order valence-electron chi connectivity index (χ1n) is 10.4. The number of thiazole rings is 1. The van der Waals surface area contributed by atoms with Crippen molar-refractivity contribution < 1.29 is 14.5 Å². The van der Waals surface area contributed by atoms with E-state index in [0.717, 1.165) is 36.3 Å². The lowest BCUT2D eigenvalue weighted by Crippen LogP contribution is -2.39. The molecule has 4 rings (SSSR count). The summed E-state index contributed by atoms with van der Waals surface area (Å²) in [5.41, 5.74) is 1.35.